The fourth-order valence-corrected chi connectivity index (χ4v) is 7.83. The largest absolute Gasteiger partial charge is 0.399 e. The van der Waals surface area contributed by atoms with Crippen molar-refractivity contribution in [2.75, 3.05) is 27.9 Å². The van der Waals surface area contributed by atoms with Crippen LogP contribution in [-0.2, 0) is 19.1 Å². The van der Waals surface area contributed by atoms with Gasteiger partial charge in [-0.1, -0.05) is 41.9 Å². The minimum absolute atomic E-state index is 0.0268. The fourth-order valence-electron chi connectivity index (χ4n) is 7.83. The first-order valence-corrected chi connectivity index (χ1v) is 12.6. The Hall–Kier alpha value is -2.24. The van der Waals surface area contributed by atoms with Crippen LogP contribution in [-0.4, -0.2) is 45.5 Å². The third-order valence-corrected chi connectivity index (χ3v) is 9.44. The van der Waals surface area contributed by atoms with Crippen molar-refractivity contribution in [3.05, 3.63) is 58.2 Å². The number of ketones is 1. The van der Waals surface area contributed by atoms with Gasteiger partial charge in [-0.25, -0.2) is 0 Å². The molecular weight excluding hydrogens is 426 g/mol. The highest BCUT2D eigenvalue weighted by Crippen LogP contribution is 2.67. The van der Waals surface area contributed by atoms with E-state index in [1.807, 2.05) is 13.2 Å². The van der Waals surface area contributed by atoms with E-state index in [0.717, 1.165) is 37.7 Å². The molecule has 0 bridgehead atoms. The second-order valence-electron chi connectivity index (χ2n) is 10.7. The molecule has 0 N–H and O–H groups in total. The summed E-state index contributed by atoms with van der Waals surface area (Å²) in [7, 11) is 5.22. The lowest BCUT2D eigenvalue weighted by Gasteiger charge is -2.55. The summed E-state index contributed by atoms with van der Waals surface area (Å²) in [6, 6.07) is 8.76. The number of carbonyl (C=O) groups excluding carboxylic acids is 1. The number of oxime groups is 1. The van der Waals surface area contributed by atoms with Gasteiger partial charge in [-0.15, -0.1) is 0 Å². The first kappa shape index (κ1) is 23.5. The molecule has 0 aliphatic heterocycles. The second kappa shape index (κ2) is 9.09. The highest BCUT2D eigenvalue weighted by atomic mass is 16.6. The molecule has 2 saturated carbocycles. The quantitative estimate of drug-likeness (QED) is 0.407. The molecule has 1 aromatic rings. The Morgan fingerprint density at radius 2 is 1.88 bits per heavy atom. The van der Waals surface area contributed by atoms with Gasteiger partial charge in [0.15, 0.2) is 5.78 Å². The van der Waals surface area contributed by atoms with Crippen molar-refractivity contribution < 1.29 is 19.1 Å². The third kappa shape index (κ3) is 3.59. The molecular formula is C29H37NO4. The van der Waals surface area contributed by atoms with Gasteiger partial charge in [0.2, 0.25) is 0 Å². The van der Waals surface area contributed by atoms with Crippen LogP contribution in [0, 0.1) is 17.3 Å². The minimum Gasteiger partial charge on any atom is -0.399 e. The van der Waals surface area contributed by atoms with Gasteiger partial charge in [0, 0.05) is 32.0 Å². The first-order valence-electron chi connectivity index (χ1n) is 12.6. The van der Waals surface area contributed by atoms with E-state index < -0.39 is 0 Å². The number of hydrogen-bond acceptors (Lipinski definition) is 5. The molecule has 34 heavy (non-hydrogen) atoms. The average molecular weight is 464 g/mol. The molecule has 0 spiro atoms. The molecule has 4 aliphatic carbocycles. The number of ether oxygens (including phenoxy) is 2. The number of carbonyl (C=O) groups is 1. The summed E-state index contributed by atoms with van der Waals surface area (Å²) in [6.07, 6.45) is 10.6. The van der Waals surface area contributed by atoms with Crippen molar-refractivity contribution in [1.82, 2.24) is 0 Å². The van der Waals surface area contributed by atoms with Crippen LogP contribution >= 0.6 is 0 Å². The first-order chi connectivity index (χ1) is 16.5. The van der Waals surface area contributed by atoms with Gasteiger partial charge in [-0.2, -0.15) is 0 Å². The lowest BCUT2D eigenvalue weighted by atomic mass is 9.51. The molecule has 182 valence electrons. The molecule has 5 rings (SSSR count). The van der Waals surface area contributed by atoms with Crippen molar-refractivity contribution >= 4 is 12.0 Å². The van der Waals surface area contributed by atoms with Crippen LogP contribution in [0.5, 0.6) is 0 Å². The van der Waals surface area contributed by atoms with E-state index in [2.05, 4.69) is 36.3 Å². The van der Waals surface area contributed by atoms with E-state index in [1.54, 1.807) is 26.0 Å². The number of methoxy groups -OCH3 is 2. The maximum atomic E-state index is 12.2. The van der Waals surface area contributed by atoms with Gasteiger partial charge in [-0.3, -0.25) is 4.79 Å². The third-order valence-electron chi connectivity index (χ3n) is 9.44. The molecule has 0 heterocycles. The van der Waals surface area contributed by atoms with Crippen molar-refractivity contribution in [2.24, 2.45) is 22.4 Å². The van der Waals surface area contributed by atoms with Crippen LogP contribution < -0.4 is 0 Å². The Bertz CT molecular complexity index is 1040. The summed E-state index contributed by atoms with van der Waals surface area (Å²) in [6.45, 7) is 3.09. The number of fused-ring (bicyclic) bond motifs is 4. The predicted molar refractivity (Wildman–Crippen MR) is 133 cm³/mol. The molecule has 1 aromatic carbocycles. The molecule has 5 atom stereocenters. The van der Waals surface area contributed by atoms with E-state index in [9.17, 15) is 4.79 Å². The molecule has 4 aliphatic rings. The topological polar surface area (TPSA) is 57.1 Å². The van der Waals surface area contributed by atoms with Crippen LogP contribution in [0.1, 0.15) is 68.9 Å². The minimum atomic E-state index is -0.259. The Balaban J connectivity index is 1.63. The molecule has 2 fully saturated rings. The van der Waals surface area contributed by atoms with E-state index in [4.69, 9.17) is 14.3 Å². The van der Waals surface area contributed by atoms with E-state index in [1.165, 1.54) is 23.1 Å². The Morgan fingerprint density at radius 1 is 1.09 bits per heavy atom. The molecule has 0 saturated heterocycles. The number of allylic oxidation sites excluding steroid dienone is 4. The lowest BCUT2D eigenvalue weighted by molar-refractivity contribution is -0.149. The van der Waals surface area contributed by atoms with Crippen LogP contribution in [0.3, 0.4) is 0 Å². The average Bonchev–Trinajstić information content (AvgIpc) is 3.14. The zero-order valence-electron chi connectivity index (χ0n) is 20.9. The summed E-state index contributed by atoms with van der Waals surface area (Å²) in [5, 5.41) is 3.91. The van der Waals surface area contributed by atoms with Crippen LogP contribution in [0.15, 0.2) is 52.2 Å². The maximum Gasteiger partial charge on any atom is 0.156 e. The lowest BCUT2D eigenvalue weighted by Crippen LogP contribution is -2.54. The second-order valence-corrected chi connectivity index (χ2v) is 10.7. The number of rotatable bonds is 6. The number of benzene rings is 1. The highest BCUT2D eigenvalue weighted by molar-refractivity contribution is 5.93. The highest BCUT2D eigenvalue weighted by Gasteiger charge is 2.63. The van der Waals surface area contributed by atoms with Gasteiger partial charge in [-0.05, 0) is 78.7 Å². The summed E-state index contributed by atoms with van der Waals surface area (Å²) in [5.41, 5.74) is 6.52. The molecule has 5 nitrogen and oxygen atoms in total. The number of hydrogen-bond donors (Lipinski definition) is 0. The Morgan fingerprint density at radius 3 is 2.59 bits per heavy atom. The fraction of sp³-hybridized carbons (Fsp3) is 0.586. The van der Waals surface area contributed by atoms with E-state index in [-0.39, 0.29) is 16.8 Å². The normalized spacial score (nSPS) is 35.1. The van der Waals surface area contributed by atoms with Crippen LogP contribution in [0.4, 0.5) is 0 Å². The van der Waals surface area contributed by atoms with Crippen molar-refractivity contribution in [3.63, 3.8) is 0 Å². The summed E-state index contributed by atoms with van der Waals surface area (Å²) in [5.74, 6) is 1.72. The summed E-state index contributed by atoms with van der Waals surface area (Å²) < 4.78 is 12.1. The zero-order chi connectivity index (χ0) is 23.9. The molecule has 0 amide bonds. The summed E-state index contributed by atoms with van der Waals surface area (Å²) >= 11 is 0. The standard InChI is InChI=1S/C29H37NO4/c1-28-16-25(20-7-5-19(6-8-20)17-30-34-4)27-23-12-10-22(31)15-21(23)9-11-24(27)26(28)13-14-29(28,33-3)18-32-2/h5-8,15,17,24-26H,9-14,16,18H2,1-4H3/t24-,25+,26-,28-,29+/m0/s1. The van der Waals surface area contributed by atoms with Gasteiger partial charge in [0.05, 0.1) is 18.4 Å². The number of nitrogens with zero attached hydrogens (tertiary/aromatic N) is 1. The van der Waals surface area contributed by atoms with Gasteiger partial charge >= 0.3 is 0 Å². The van der Waals surface area contributed by atoms with Crippen molar-refractivity contribution in [2.45, 2.75) is 63.4 Å². The monoisotopic (exact) mass is 463 g/mol. The van der Waals surface area contributed by atoms with Gasteiger partial charge in [0.25, 0.3) is 0 Å². The molecule has 0 unspecified atom stereocenters. The van der Waals surface area contributed by atoms with Gasteiger partial charge < -0.3 is 14.3 Å². The SMILES string of the molecule is COC[C@]1(OC)CC[C@H]2[C@@H]3CCC4=CC(=O)CCC4=C3[C@@H](c3ccc(C=NOC)cc3)C[C@@]21C. The molecule has 0 radical (unpaired) electrons. The maximum absolute atomic E-state index is 12.2. The van der Waals surface area contributed by atoms with Gasteiger partial charge in [0.1, 0.15) is 7.11 Å². The van der Waals surface area contributed by atoms with Crippen LogP contribution in [0.25, 0.3) is 0 Å². The van der Waals surface area contributed by atoms with Crippen LogP contribution in [0.2, 0.25) is 0 Å². The van der Waals surface area contributed by atoms with E-state index in [0.29, 0.717) is 30.8 Å². The van der Waals surface area contributed by atoms with Crippen molar-refractivity contribution in [3.8, 4) is 0 Å². The molecule has 0 aromatic heterocycles. The Labute approximate surface area is 203 Å². The zero-order valence-corrected chi connectivity index (χ0v) is 20.9. The molecule has 5 heteroatoms. The summed E-state index contributed by atoms with van der Waals surface area (Å²) in [4.78, 5) is 17.1. The predicted octanol–water partition coefficient (Wildman–Crippen LogP) is 5.60. The smallest absolute Gasteiger partial charge is 0.156 e. The van der Waals surface area contributed by atoms with E-state index >= 15 is 0 Å². The Kier molecular flexibility index (Phi) is 6.28. The van der Waals surface area contributed by atoms with Crippen molar-refractivity contribution in [1.29, 1.82) is 0 Å².